The molecule has 0 amide bonds. The van der Waals surface area contributed by atoms with Crippen molar-refractivity contribution in [2.75, 3.05) is 0 Å². The molecular weight excluding hydrogens is 475 g/mol. The first-order valence-electron chi connectivity index (χ1n) is 9.46. The predicted molar refractivity (Wildman–Crippen MR) is 117 cm³/mol. The molecule has 0 aliphatic rings. The summed E-state index contributed by atoms with van der Waals surface area (Å²) >= 11 is 6.07. The summed E-state index contributed by atoms with van der Waals surface area (Å²) in [6, 6.07) is 15.0. The Labute approximate surface area is 194 Å². The molecule has 0 spiro atoms. The number of aromatic nitrogens is 1. The average molecular weight is 486 g/mol. The molecule has 7 nitrogen and oxygen atoms in total. The van der Waals surface area contributed by atoms with Crippen molar-refractivity contribution < 1.29 is 27.2 Å². The molecule has 0 N–H and O–H groups in total. The Morgan fingerprint density at radius 1 is 1.15 bits per heavy atom. The number of nitro groups is 1. The summed E-state index contributed by atoms with van der Waals surface area (Å²) in [5.74, 6) is -0.387. The monoisotopic (exact) mass is 485 g/mol. The number of oxazole rings is 1. The molecule has 0 unspecified atom stereocenters. The van der Waals surface area contributed by atoms with Gasteiger partial charge in [0.2, 0.25) is 11.6 Å². The Morgan fingerprint density at radius 2 is 1.88 bits per heavy atom. The van der Waals surface area contributed by atoms with Crippen LogP contribution in [0.15, 0.2) is 65.1 Å². The quantitative estimate of drug-likeness (QED) is 0.167. The number of fused-ring (bicyclic) bond motifs is 1. The third-order valence-electron chi connectivity index (χ3n) is 4.62. The van der Waals surface area contributed by atoms with Gasteiger partial charge in [-0.25, -0.2) is 4.98 Å². The van der Waals surface area contributed by atoms with E-state index < -0.39 is 28.1 Å². The first-order valence-corrected chi connectivity index (χ1v) is 9.84. The van der Waals surface area contributed by atoms with Gasteiger partial charge < -0.3 is 9.15 Å². The lowest BCUT2D eigenvalue weighted by Gasteiger charge is -2.12. The highest BCUT2D eigenvalue weighted by molar-refractivity contribution is 6.30. The molecule has 0 aliphatic carbocycles. The molecule has 4 rings (SSSR count). The van der Waals surface area contributed by atoms with E-state index in [0.29, 0.717) is 23.2 Å². The summed E-state index contributed by atoms with van der Waals surface area (Å²) in [5.41, 5.74) is -0.849. The number of ether oxygens (including phenoxy) is 1. The molecule has 170 valence electrons. The maximum absolute atomic E-state index is 13.0. The Morgan fingerprint density at radius 3 is 2.56 bits per heavy atom. The number of nitro benzene ring substituents is 1. The van der Waals surface area contributed by atoms with Crippen molar-refractivity contribution in [3.05, 3.63) is 92.8 Å². The van der Waals surface area contributed by atoms with Crippen LogP contribution in [0, 0.1) is 21.4 Å². The number of hydrogen-bond donors (Lipinski definition) is 0. The summed E-state index contributed by atoms with van der Waals surface area (Å²) in [6.07, 6.45) is -3.42. The third-order valence-corrected chi connectivity index (χ3v) is 4.85. The summed E-state index contributed by atoms with van der Waals surface area (Å²) in [5, 5.41) is 21.3. The van der Waals surface area contributed by atoms with Crippen molar-refractivity contribution in [1.29, 1.82) is 5.26 Å². The SMILES string of the molecule is N#C/C(=C\c1cc(Cl)ccc1Oc1ccc(C(F)(F)F)cc1[N+](=O)[O-])c1nc2ccccc2o1. The van der Waals surface area contributed by atoms with Gasteiger partial charge in [0.25, 0.3) is 0 Å². The highest BCUT2D eigenvalue weighted by Gasteiger charge is 2.33. The second-order valence-electron chi connectivity index (χ2n) is 6.88. The van der Waals surface area contributed by atoms with Gasteiger partial charge in [-0.05, 0) is 48.5 Å². The van der Waals surface area contributed by atoms with Crippen molar-refractivity contribution in [3.8, 4) is 17.6 Å². The van der Waals surface area contributed by atoms with Gasteiger partial charge >= 0.3 is 11.9 Å². The highest BCUT2D eigenvalue weighted by atomic mass is 35.5. The molecule has 0 bridgehead atoms. The van der Waals surface area contributed by atoms with Crippen LogP contribution in [-0.2, 0) is 6.18 Å². The lowest BCUT2D eigenvalue weighted by Crippen LogP contribution is -2.06. The van der Waals surface area contributed by atoms with Gasteiger partial charge in [0.15, 0.2) is 5.58 Å². The molecule has 0 radical (unpaired) electrons. The van der Waals surface area contributed by atoms with Crippen molar-refractivity contribution in [1.82, 2.24) is 4.98 Å². The van der Waals surface area contributed by atoms with Gasteiger partial charge in [0.05, 0.1) is 10.5 Å². The van der Waals surface area contributed by atoms with Crippen LogP contribution in [-0.4, -0.2) is 9.91 Å². The van der Waals surface area contributed by atoms with E-state index in [1.54, 1.807) is 24.3 Å². The molecule has 4 aromatic rings. The molecule has 0 aliphatic heterocycles. The smallest absolute Gasteiger partial charge is 0.416 e. The number of alkyl halides is 3. The normalized spacial score (nSPS) is 11.9. The number of nitrogens with zero attached hydrogens (tertiary/aromatic N) is 3. The minimum Gasteiger partial charge on any atom is -0.449 e. The van der Waals surface area contributed by atoms with Crippen molar-refractivity contribution in [3.63, 3.8) is 0 Å². The molecule has 1 heterocycles. The summed E-state index contributed by atoms with van der Waals surface area (Å²) in [7, 11) is 0. The average Bonchev–Trinajstić information content (AvgIpc) is 3.22. The molecule has 34 heavy (non-hydrogen) atoms. The number of halogens is 4. The van der Waals surface area contributed by atoms with Gasteiger partial charge in [-0.1, -0.05) is 23.7 Å². The van der Waals surface area contributed by atoms with E-state index in [9.17, 15) is 28.5 Å². The molecule has 0 fully saturated rings. The largest absolute Gasteiger partial charge is 0.449 e. The van der Waals surface area contributed by atoms with Crippen LogP contribution in [0.5, 0.6) is 11.5 Å². The Kier molecular flexibility index (Phi) is 5.96. The van der Waals surface area contributed by atoms with Crippen molar-refractivity contribution >= 4 is 40.0 Å². The van der Waals surface area contributed by atoms with Crippen LogP contribution in [0.1, 0.15) is 17.0 Å². The van der Waals surface area contributed by atoms with Crippen molar-refractivity contribution in [2.24, 2.45) is 0 Å². The maximum atomic E-state index is 13.0. The van der Waals surface area contributed by atoms with E-state index >= 15 is 0 Å². The van der Waals surface area contributed by atoms with E-state index in [-0.39, 0.29) is 27.8 Å². The number of para-hydroxylation sites is 2. The molecule has 3 aromatic carbocycles. The van der Waals surface area contributed by atoms with Gasteiger partial charge in [-0.3, -0.25) is 10.1 Å². The molecule has 11 heteroatoms. The molecule has 0 saturated carbocycles. The highest BCUT2D eigenvalue weighted by Crippen LogP contribution is 2.39. The topological polar surface area (TPSA) is 102 Å². The zero-order valence-electron chi connectivity index (χ0n) is 16.8. The fraction of sp³-hybridized carbons (Fsp3) is 0.0435. The zero-order chi connectivity index (χ0) is 24.5. The first kappa shape index (κ1) is 22.8. The predicted octanol–water partition coefficient (Wildman–Crippen LogP) is 7.26. The Bertz CT molecular complexity index is 1460. The van der Waals surface area contributed by atoms with Crippen LogP contribution in [0.2, 0.25) is 5.02 Å². The molecule has 0 saturated heterocycles. The van der Waals surface area contributed by atoms with Gasteiger partial charge in [-0.2, -0.15) is 18.4 Å². The third kappa shape index (κ3) is 4.69. The van der Waals surface area contributed by atoms with E-state index in [1.165, 1.54) is 24.3 Å². The molecule has 1 aromatic heterocycles. The first-order chi connectivity index (χ1) is 16.2. The number of nitriles is 1. The summed E-state index contributed by atoms with van der Waals surface area (Å²) in [4.78, 5) is 14.7. The Balaban J connectivity index is 1.77. The van der Waals surface area contributed by atoms with E-state index in [0.717, 1.165) is 6.07 Å². The number of rotatable bonds is 5. The zero-order valence-corrected chi connectivity index (χ0v) is 17.6. The summed E-state index contributed by atoms with van der Waals surface area (Å²) in [6.45, 7) is 0. The van der Waals surface area contributed by atoms with Crippen LogP contribution in [0.3, 0.4) is 0 Å². The van der Waals surface area contributed by atoms with Crippen LogP contribution in [0.4, 0.5) is 18.9 Å². The molecule has 0 atom stereocenters. The minimum atomic E-state index is -4.77. The second kappa shape index (κ2) is 8.88. The number of allylic oxidation sites excluding steroid dienone is 1. The molecular formula is C23H11ClF3N3O4. The van der Waals surface area contributed by atoms with E-state index in [1.807, 2.05) is 6.07 Å². The fourth-order valence-corrected chi connectivity index (χ4v) is 3.23. The number of hydrogen-bond acceptors (Lipinski definition) is 6. The van der Waals surface area contributed by atoms with Crippen LogP contribution in [0.25, 0.3) is 22.7 Å². The standard InChI is InChI=1S/C23H11ClF3N3O4/c24-16-6-8-19(33-21-7-5-15(23(25,26)27)11-18(21)30(31)32)13(10-16)9-14(12-28)22-29-17-3-1-2-4-20(17)34-22/h1-11H/b14-9+. The maximum Gasteiger partial charge on any atom is 0.416 e. The van der Waals surface area contributed by atoms with Gasteiger partial charge in [-0.15, -0.1) is 0 Å². The summed E-state index contributed by atoms with van der Waals surface area (Å²) < 4.78 is 50.2. The van der Waals surface area contributed by atoms with Gasteiger partial charge in [0.1, 0.15) is 22.9 Å². The Hall–Kier alpha value is -4.36. The lowest BCUT2D eigenvalue weighted by molar-refractivity contribution is -0.385. The van der Waals surface area contributed by atoms with Gasteiger partial charge in [0, 0.05) is 16.7 Å². The second-order valence-corrected chi connectivity index (χ2v) is 7.31. The number of benzene rings is 3. The lowest BCUT2D eigenvalue weighted by atomic mass is 10.1. The van der Waals surface area contributed by atoms with E-state index in [4.69, 9.17) is 20.8 Å². The van der Waals surface area contributed by atoms with Crippen LogP contribution < -0.4 is 4.74 Å². The van der Waals surface area contributed by atoms with Crippen LogP contribution >= 0.6 is 11.6 Å². The van der Waals surface area contributed by atoms with E-state index in [2.05, 4.69) is 4.98 Å². The fourth-order valence-electron chi connectivity index (χ4n) is 3.05. The minimum absolute atomic E-state index is 0.00485. The van der Waals surface area contributed by atoms with Crippen molar-refractivity contribution in [2.45, 2.75) is 6.18 Å².